The van der Waals surface area contributed by atoms with Crippen molar-refractivity contribution in [3.05, 3.63) is 0 Å². The highest BCUT2D eigenvalue weighted by Gasteiger charge is 2.67. The fourth-order valence-electron chi connectivity index (χ4n) is 1.33. The number of hydrogen-bond acceptors (Lipinski definition) is 1. The summed E-state index contributed by atoms with van der Waals surface area (Å²) in [6, 6.07) is 0. The van der Waals surface area contributed by atoms with E-state index in [4.69, 9.17) is 5.11 Å². The van der Waals surface area contributed by atoms with Crippen molar-refractivity contribution in [2.45, 2.75) is 25.9 Å². The predicted molar refractivity (Wildman–Crippen MR) is 34.5 cm³/mol. The Morgan fingerprint density at radius 1 is 1.50 bits per heavy atom. The van der Waals surface area contributed by atoms with Crippen molar-refractivity contribution in [1.82, 2.24) is 0 Å². The van der Waals surface area contributed by atoms with Crippen LogP contribution in [-0.2, 0) is 4.79 Å². The van der Waals surface area contributed by atoms with Crippen LogP contribution in [0.4, 0.5) is 13.2 Å². The van der Waals surface area contributed by atoms with E-state index in [9.17, 15) is 18.0 Å². The van der Waals surface area contributed by atoms with Crippen LogP contribution in [0.1, 0.15) is 19.8 Å². The molecular weight excluding hydrogens is 173 g/mol. The van der Waals surface area contributed by atoms with Gasteiger partial charge in [-0.25, -0.2) is 0 Å². The van der Waals surface area contributed by atoms with Crippen molar-refractivity contribution >= 4 is 5.97 Å². The first-order valence-corrected chi connectivity index (χ1v) is 3.61. The number of carboxylic acid groups (broad SMARTS) is 1. The fourth-order valence-corrected chi connectivity index (χ4v) is 1.33. The quantitative estimate of drug-likeness (QED) is 0.709. The molecule has 1 fully saturated rings. The maximum Gasteiger partial charge on any atom is 0.395 e. The SMILES string of the molecule is C[C@@H](C(=O)O)C1(C(F)(F)F)CC1. The third-order valence-electron chi connectivity index (χ3n) is 2.55. The van der Waals surface area contributed by atoms with E-state index in [-0.39, 0.29) is 12.8 Å². The monoisotopic (exact) mass is 182 g/mol. The van der Waals surface area contributed by atoms with Crippen molar-refractivity contribution in [3.63, 3.8) is 0 Å². The van der Waals surface area contributed by atoms with Crippen molar-refractivity contribution in [1.29, 1.82) is 0 Å². The van der Waals surface area contributed by atoms with Crippen LogP contribution in [-0.4, -0.2) is 17.3 Å². The molecule has 0 spiro atoms. The molecule has 70 valence electrons. The number of hydrogen-bond donors (Lipinski definition) is 1. The number of rotatable bonds is 2. The molecule has 0 bridgehead atoms. The smallest absolute Gasteiger partial charge is 0.395 e. The van der Waals surface area contributed by atoms with Gasteiger partial charge in [0.2, 0.25) is 0 Å². The van der Waals surface area contributed by atoms with Gasteiger partial charge in [-0.1, -0.05) is 6.92 Å². The molecule has 0 aliphatic heterocycles. The normalized spacial score (nSPS) is 23.3. The van der Waals surface area contributed by atoms with Gasteiger partial charge in [0.15, 0.2) is 0 Å². The molecule has 1 rings (SSSR count). The van der Waals surface area contributed by atoms with Crippen molar-refractivity contribution in [3.8, 4) is 0 Å². The Bertz CT molecular complexity index is 205. The summed E-state index contributed by atoms with van der Waals surface area (Å²) >= 11 is 0. The van der Waals surface area contributed by atoms with Crippen LogP contribution in [0.3, 0.4) is 0 Å². The second kappa shape index (κ2) is 2.37. The number of carbonyl (C=O) groups is 1. The molecule has 1 aliphatic rings. The molecule has 0 saturated heterocycles. The average molecular weight is 182 g/mol. The molecule has 2 nitrogen and oxygen atoms in total. The molecule has 1 saturated carbocycles. The molecule has 1 aliphatic carbocycles. The molecule has 1 N–H and O–H groups in total. The predicted octanol–water partition coefficient (Wildman–Crippen LogP) is 2.05. The summed E-state index contributed by atoms with van der Waals surface area (Å²) < 4.78 is 36.7. The topological polar surface area (TPSA) is 37.3 Å². The maximum absolute atomic E-state index is 12.2. The van der Waals surface area contributed by atoms with E-state index >= 15 is 0 Å². The van der Waals surface area contributed by atoms with Crippen LogP contribution in [0.15, 0.2) is 0 Å². The Morgan fingerprint density at radius 2 is 1.92 bits per heavy atom. The minimum atomic E-state index is -4.37. The maximum atomic E-state index is 12.2. The van der Waals surface area contributed by atoms with Gasteiger partial charge in [-0.15, -0.1) is 0 Å². The first kappa shape index (κ1) is 9.35. The zero-order chi connectivity index (χ0) is 9.57. The molecule has 0 unspecified atom stereocenters. The minimum absolute atomic E-state index is 0.0516. The second-order valence-corrected chi connectivity index (χ2v) is 3.21. The van der Waals surface area contributed by atoms with E-state index in [1.54, 1.807) is 0 Å². The molecule has 5 heteroatoms. The zero-order valence-corrected chi connectivity index (χ0v) is 6.48. The molecule has 1 atom stereocenters. The Kier molecular flexibility index (Phi) is 1.85. The Morgan fingerprint density at radius 3 is 2.00 bits per heavy atom. The zero-order valence-electron chi connectivity index (χ0n) is 6.48. The lowest BCUT2D eigenvalue weighted by molar-refractivity contribution is -0.206. The summed E-state index contributed by atoms with van der Waals surface area (Å²) in [5.41, 5.74) is -1.93. The van der Waals surface area contributed by atoms with E-state index < -0.39 is 23.5 Å². The summed E-state index contributed by atoms with van der Waals surface area (Å²) in [6.07, 6.45) is -4.47. The van der Waals surface area contributed by atoms with Crippen LogP contribution in [0, 0.1) is 11.3 Å². The van der Waals surface area contributed by atoms with Crippen LogP contribution in [0.25, 0.3) is 0 Å². The molecular formula is C7H9F3O2. The first-order valence-electron chi connectivity index (χ1n) is 3.61. The molecule has 0 aromatic carbocycles. The van der Waals surface area contributed by atoms with E-state index in [1.807, 2.05) is 0 Å². The summed E-state index contributed by atoms with van der Waals surface area (Å²) in [5.74, 6) is -2.69. The van der Waals surface area contributed by atoms with Crippen LogP contribution < -0.4 is 0 Å². The Hall–Kier alpha value is -0.740. The minimum Gasteiger partial charge on any atom is -0.481 e. The molecule has 0 aromatic heterocycles. The van der Waals surface area contributed by atoms with Crippen LogP contribution >= 0.6 is 0 Å². The van der Waals surface area contributed by atoms with Gasteiger partial charge in [-0.05, 0) is 12.8 Å². The second-order valence-electron chi connectivity index (χ2n) is 3.21. The third kappa shape index (κ3) is 1.17. The lowest BCUT2D eigenvalue weighted by atomic mass is 9.90. The highest BCUT2D eigenvalue weighted by Crippen LogP contribution is 2.62. The van der Waals surface area contributed by atoms with Crippen LogP contribution in [0.5, 0.6) is 0 Å². The molecule has 0 amide bonds. The van der Waals surface area contributed by atoms with Crippen molar-refractivity contribution in [2.75, 3.05) is 0 Å². The van der Waals surface area contributed by atoms with Gasteiger partial charge in [0.05, 0.1) is 11.3 Å². The van der Waals surface area contributed by atoms with Crippen molar-refractivity contribution in [2.24, 2.45) is 11.3 Å². The standard InChI is InChI=1S/C7H9F3O2/c1-4(5(11)12)6(2-3-6)7(8,9)10/h4H,2-3H2,1H3,(H,11,12)/t4-/m0/s1. The number of carboxylic acids is 1. The van der Waals surface area contributed by atoms with E-state index in [0.717, 1.165) is 6.92 Å². The largest absolute Gasteiger partial charge is 0.481 e. The summed E-state index contributed by atoms with van der Waals surface area (Å²) in [6.45, 7) is 1.11. The van der Waals surface area contributed by atoms with E-state index in [1.165, 1.54) is 0 Å². The van der Waals surface area contributed by atoms with Gasteiger partial charge < -0.3 is 5.11 Å². The fraction of sp³-hybridized carbons (Fsp3) is 0.857. The number of aliphatic carboxylic acids is 1. The Labute approximate surface area is 67.4 Å². The summed E-state index contributed by atoms with van der Waals surface area (Å²) in [7, 11) is 0. The molecule has 0 aromatic rings. The third-order valence-corrected chi connectivity index (χ3v) is 2.55. The average Bonchev–Trinajstić information content (AvgIpc) is 2.62. The van der Waals surface area contributed by atoms with E-state index in [2.05, 4.69) is 0 Å². The summed E-state index contributed by atoms with van der Waals surface area (Å²) in [4.78, 5) is 10.3. The molecule has 0 heterocycles. The lowest BCUT2D eigenvalue weighted by Crippen LogP contribution is -2.35. The molecule has 12 heavy (non-hydrogen) atoms. The van der Waals surface area contributed by atoms with Crippen molar-refractivity contribution < 1.29 is 23.1 Å². The number of alkyl halides is 3. The van der Waals surface area contributed by atoms with Gasteiger partial charge in [0.1, 0.15) is 0 Å². The Balaban J connectivity index is 2.80. The van der Waals surface area contributed by atoms with Gasteiger partial charge >= 0.3 is 12.1 Å². The van der Waals surface area contributed by atoms with Crippen LogP contribution in [0.2, 0.25) is 0 Å². The van der Waals surface area contributed by atoms with Gasteiger partial charge in [-0.3, -0.25) is 4.79 Å². The lowest BCUT2D eigenvalue weighted by Gasteiger charge is -2.22. The summed E-state index contributed by atoms with van der Waals surface area (Å²) in [5, 5.41) is 8.42. The highest BCUT2D eigenvalue weighted by molar-refractivity contribution is 5.71. The van der Waals surface area contributed by atoms with Gasteiger partial charge in [0, 0.05) is 0 Å². The first-order chi connectivity index (χ1) is 5.31. The molecule has 0 radical (unpaired) electrons. The van der Waals surface area contributed by atoms with Gasteiger partial charge in [0.25, 0.3) is 0 Å². The number of halogens is 3. The van der Waals surface area contributed by atoms with E-state index in [0.29, 0.717) is 0 Å². The van der Waals surface area contributed by atoms with Gasteiger partial charge in [-0.2, -0.15) is 13.2 Å². The highest BCUT2D eigenvalue weighted by atomic mass is 19.4.